The van der Waals surface area contributed by atoms with Gasteiger partial charge in [-0.15, -0.1) is 0 Å². The number of hydrogen-bond donors (Lipinski definition) is 1. The summed E-state index contributed by atoms with van der Waals surface area (Å²) in [4.78, 5) is 0. The standard InChI is InChI=1S/C13H16ClF2N/c14-11-2-1-9(7-12(11)15)8-13(16)5-3-10(17)4-6-13/h1-2,7,10H,3-6,8,17H2. The lowest BCUT2D eigenvalue weighted by Crippen LogP contribution is -2.37. The van der Waals surface area contributed by atoms with Crippen molar-refractivity contribution < 1.29 is 8.78 Å². The van der Waals surface area contributed by atoms with Crippen LogP contribution in [0.4, 0.5) is 8.78 Å². The van der Waals surface area contributed by atoms with E-state index in [1.54, 1.807) is 6.07 Å². The molecule has 0 bridgehead atoms. The lowest BCUT2D eigenvalue weighted by molar-refractivity contribution is 0.0994. The summed E-state index contributed by atoms with van der Waals surface area (Å²) in [5, 5.41) is 0.0762. The van der Waals surface area contributed by atoms with Crippen LogP contribution in [0.25, 0.3) is 0 Å². The van der Waals surface area contributed by atoms with Crippen LogP contribution in [-0.2, 0) is 6.42 Å². The molecule has 0 saturated heterocycles. The molecule has 1 nitrogen and oxygen atoms in total. The Balaban J connectivity index is 2.07. The maximum absolute atomic E-state index is 14.5. The van der Waals surface area contributed by atoms with Crippen LogP contribution in [0, 0.1) is 5.82 Å². The van der Waals surface area contributed by atoms with Crippen LogP contribution in [0.15, 0.2) is 18.2 Å². The van der Waals surface area contributed by atoms with Crippen LogP contribution >= 0.6 is 11.6 Å². The molecule has 0 aromatic heterocycles. The van der Waals surface area contributed by atoms with Crippen molar-refractivity contribution in [2.45, 2.75) is 43.8 Å². The Bertz CT molecular complexity index is 400. The van der Waals surface area contributed by atoms with Gasteiger partial charge < -0.3 is 5.73 Å². The average Bonchev–Trinajstić information content (AvgIpc) is 2.28. The second kappa shape index (κ2) is 4.91. The fourth-order valence-electron chi connectivity index (χ4n) is 2.35. The number of hydrogen-bond acceptors (Lipinski definition) is 1. The molecule has 1 fully saturated rings. The van der Waals surface area contributed by atoms with Crippen molar-refractivity contribution in [3.63, 3.8) is 0 Å². The van der Waals surface area contributed by atoms with Crippen molar-refractivity contribution >= 4 is 11.6 Å². The summed E-state index contributed by atoms with van der Waals surface area (Å²) >= 11 is 5.59. The van der Waals surface area contributed by atoms with E-state index in [4.69, 9.17) is 17.3 Å². The van der Waals surface area contributed by atoms with Crippen molar-refractivity contribution in [2.75, 3.05) is 0 Å². The molecule has 0 aliphatic heterocycles. The fourth-order valence-corrected chi connectivity index (χ4v) is 2.47. The van der Waals surface area contributed by atoms with E-state index < -0.39 is 11.5 Å². The van der Waals surface area contributed by atoms with Gasteiger partial charge in [0.15, 0.2) is 0 Å². The van der Waals surface area contributed by atoms with E-state index in [-0.39, 0.29) is 17.5 Å². The Morgan fingerprint density at radius 1 is 1.35 bits per heavy atom. The summed E-state index contributed by atoms with van der Waals surface area (Å²) in [6, 6.07) is 4.59. The monoisotopic (exact) mass is 259 g/mol. The van der Waals surface area contributed by atoms with E-state index in [1.165, 1.54) is 12.1 Å². The molecule has 2 N–H and O–H groups in total. The van der Waals surface area contributed by atoms with Gasteiger partial charge in [-0.1, -0.05) is 17.7 Å². The van der Waals surface area contributed by atoms with Crippen LogP contribution in [-0.4, -0.2) is 11.7 Å². The van der Waals surface area contributed by atoms with Crippen LogP contribution < -0.4 is 5.73 Å². The smallest absolute Gasteiger partial charge is 0.142 e. The maximum Gasteiger partial charge on any atom is 0.142 e. The van der Waals surface area contributed by atoms with Crippen molar-refractivity contribution in [3.05, 3.63) is 34.6 Å². The van der Waals surface area contributed by atoms with Gasteiger partial charge in [0.05, 0.1) is 5.02 Å². The van der Waals surface area contributed by atoms with Crippen LogP contribution in [0.2, 0.25) is 5.02 Å². The first kappa shape index (κ1) is 12.8. The fraction of sp³-hybridized carbons (Fsp3) is 0.538. The van der Waals surface area contributed by atoms with Gasteiger partial charge in [0.1, 0.15) is 11.5 Å². The number of nitrogens with two attached hydrogens (primary N) is 1. The normalized spacial score (nSPS) is 29.3. The molecule has 0 unspecified atom stereocenters. The molecule has 1 aliphatic carbocycles. The molecular formula is C13H16ClF2N. The van der Waals surface area contributed by atoms with Crippen molar-refractivity contribution in [1.82, 2.24) is 0 Å². The minimum atomic E-state index is -1.24. The second-order valence-corrected chi connectivity index (χ2v) is 5.32. The highest BCUT2D eigenvalue weighted by Crippen LogP contribution is 2.34. The lowest BCUT2D eigenvalue weighted by Gasteiger charge is -2.32. The quantitative estimate of drug-likeness (QED) is 0.862. The highest BCUT2D eigenvalue weighted by atomic mass is 35.5. The highest BCUT2D eigenvalue weighted by molar-refractivity contribution is 6.30. The molecule has 0 amide bonds. The Morgan fingerprint density at radius 3 is 2.59 bits per heavy atom. The minimum Gasteiger partial charge on any atom is -0.328 e. The summed E-state index contributed by atoms with van der Waals surface area (Å²) in [5.41, 5.74) is 5.17. The third kappa shape index (κ3) is 3.17. The third-order valence-electron chi connectivity index (χ3n) is 3.43. The lowest BCUT2D eigenvalue weighted by atomic mass is 9.80. The summed E-state index contributed by atoms with van der Waals surface area (Å²) in [7, 11) is 0. The Kier molecular flexibility index (Phi) is 3.69. The molecule has 2 rings (SSSR count). The molecule has 94 valence electrons. The maximum atomic E-state index is 14.5. The van der Waals surface area contributed by atoms with Gasteiger partial charge in [-0.3, -0.25) is 0 Å². The molecule has 1 aromatic carbocycles. The van der Waals surface area contributed by atoms with Crippen LogP contribution in [0.3, 0.4) is 0 Å². The van der Waals surface area contributed by atoms with Crippen LogP contribution in [0.5, 0.6) is 0 Å². The summed E-state index contributed by atoms with van der Waals surface area (Å²) in [6.45, 7) is 0. The zero-order chi connectivity index (χ0) is 12.5. The molecule has 4 heteroatoms. The molecule has 1 aliphatic rings. The molecule has 0 heterocycles. The van der Waals surface area contributed by atoms with Crippen LogP contribution in [0.1, 0.15) is 31.2 Å². The first-order chi connectivity index (χ1) is 7.98. The molecule has 1 saturated carbocycles. The third-order valence-corrected chi connectivity index (χ3v) is 3.74. The molecule has 0 atom stereocenters. The Morgan fingerprint density at radius 2 is 2.00 bits per heavy atom. The minimum absolute atomic E-state index is 0.0762. The molecule has 0 spiro atoms. The molecular weight excluding hydrogens is 244 g/mol. The van der Waals surface area contributed by atoms with Gasteiger partial charge in [-0.2, -0.15) is 0 Å². The first-order valence-electron chi connectivity index (χ1n) is 5.87. The molecule has 1 aromatic rings. The van der Waals surface area contributed by atoms with E-state index in [9.17, 15) is 8.78 Å². The van der Waals surface area contributed by atoms with Gasteiger partial charge in [-0.05, 0) is 43.4 Å². The van der Waals surface area contributed by atoms with Gasteiger partial charge in [0.2, 0.25) is 0 Å². The highest BCUT2D eigenvalue weighted by Gasteiger charge is 2.34. The predicted molar refractivity (Wildman–Crippen MR) is 65.4 cm³/mol. The van der Waals surface area contributed by atoms with Gasteiger partial charge in [0, 0.05) is 12.5 Å². The number of halogens is 3. The number of alkyl halides is 1. The van der Waals surface area contributed by atoms with E-state index in [1.807, 2.05) is 0 Å². The SMILES string of the molecule is NC1CCC(F)(Cc2ccc(Cl)c(F)c2)CC1. The molecule has 17 heavy (non-hydrogen) atoms. The van der Waals surface area contributed by atoms with E-state index in [2.05, 4.69) is 0 Å². The second-order valence-electron chi connectivity index (χ2n) is 4.91. The zero-order valence-corrected chi connectivity index (χ0v) is 10.3. The Hall–Kier alpha value is -0.670. The Labute approximate surface area is 105 Å². The number of rotatable bonds is 2. The first-order valence-corrected chi connectivity index (χ1v) is 6.25. The summed E-state index contributed by atoms with van der Waals surface area (Å²) in [5.74, 6) is -0.486. The average molecular weight is 260 g/mol. The van der Waals surface area contributed by atoms with E-state index in [0.717, 1.165) is 0 Å². The van der Waals surface area contributed by atoms with E-state index >= 15 is 0 Å². The molecule has 0 radical (unpaired) electrons. The zero-order valence-electron chi connectivity index (χ0n) is 9.56. The van der Waals surface area contributed by atoms with Crippen molar-refractivity contribution in [3.8, 4) is 0 Å². The topological polar surface area (TPSA) is 26.0 Å². The predicted octanol–water partition coefficient (Wildman–Crippen LogP) is 3.63. The van der Waals surface area contributed by atoms with Crippen molar-refractivity contribution in [2.24, 2.45) is 5.73 Å². The van der Waals surface area contributed by atoms with Crippen molar-refractivity contribution in [1.29, 1.82) is 0 Å². The van der Waals surface area contributed by atoms with Gasteiger partial charge >= 0.3 is 0 Å². The number of benzene rings is 1. The van der Waals surface area contributed by atoms with Gasteiger partial charge in [-0.25, -0.2) is 8.78 Å². The summed E-state index contributed by atoms with van der Waals surface area (Å²) < 4.78 is 27.7. The van der Waals surface area contributed by atoms with E-state index in [0.29, 0.717) is 31.2 Å². The largest absolute Gasteiger partial charge is 0.328 e. The summed E-state index contributed by atoms with van der Waals surface area (Å²) in [6.07, 6.45) is 2.56. The van der Waals surface area contributed by atoms with Gasteiger partial charge in [0.25, 0.3) is 0 Å².